The molecule has 1 aromatic heterocycles. The molecule has 0 saturated carbocycles. The third kappa shape index (κ3) is 2.25. The maximum atomic E-state index is 6.06. The van der Waals surface area contributed by atoms with Crippen molar-refractivity contribution < 1.29 is 9.26 Å². The largest absolute Gasteiger partial charge is 0.381 e. The molecule has 0 aliphatic carbocycles. The van der Waals surface area contributed by atoms with Gasteiger partial charge in [-0.2, -0.15) is 4.98 Å². The molecule has 1 aliphatic heterocycles. The van der Waals surface area contributed by atoms with Crippen molar-refractivity contribution in [1.29, 1.82) is 0 Å². The number of rotatable bonds is 2. The van der Waals surface area contributed by atoms with E-state index in [-0.39, 0.29) is 17.4 Å². The Labute approximate surface area is 95.3 Å². The van der Waals surface area contributed by atoms with E-state index in [1.807, 2.05) is 0 Å². The third-order valence-corrected chi connectivity index (χ3v) is 2.95. The van der Waals surface area contributed by atoms with Crippen molar-refractivity contribution in [1.82, 2.24) is 10.1 Å². The molecule has 1 saturated heterocycles. The number of nitrogens with two attached hydrogens (primary N) is 1. The highest BCUT2D eigenvalue weighted by atomic mass is 16.5. The fourth-order valence-corrected chi connectivity index (χ4v) is 1.65. The zero-order chi connectivity index (χ0) is 11.8. The minimum atomic E-state index is -0.226. The summed E-state index contributed by atoms with van der Waals surface area (Å²) < 4.78 is 10.5. The van der Waals surface area contributed by atoms with Crippen molar-refractivity contribution in [3.05, 3.63) is 11.7 Å². The lowest BCUT2D eigenvalue weighted by atomic mass is 9.87. The number of nitrogens with zero attached hydrogens (tertiary/aromatic N) is 2. The molecule has 5 heteroatoms. The van der Waals surface area contributed by atoms with Gasteiger partial charge in [-0.3, -0.25) is 0 Å². The van der Waals surface area contributed by atoms with Crippen LogP contribution in [0.4, 0.5) is 0 Å². The molecular formula is C11H19N3O2. The summed E-state index contributed by atoms with van der Waals surface area (Å²) in [5, 5.41) is 3.99. The van der Waals surface area contributed by atoms with Gasteiger partial charge in [-0.25, -0.2) is 0 Å². The average molecular weight is 225 g/mol. The molecule has 1 aliphatic rings. The quantitative estimate of drug-likeness (QED) is 0.827. The van der Waals surface area contributed by atoms with Crippen molar-refractivity contribution in [3.63, 3.8) is 0 Å². The molecule has 0 spiro atoms. The molecule has 16 heavy (non-hydrogen) atoms. The van der Waals surface area contributed by atoms with Gasteiger partial charge in [0.15, 0.2) is 5.82 Å². The average Bonchev–Trinajstić information content (AvgIpc) is 2.85. The summed E-state index contributed by atoms with van der Waals surface area (Å²) in [6.07, 6.45) is 0.962. The van der Waals surface area contributed by atoms with Gasteiger partial charge in [0.05, 0.1) is 12.6 Å². The van der Waals surface area contributed by atoms with Crippen LogP contribution < -0.4 is 5.73 Å². The molecule has 2 atom stereocenters. The number of ether oxygens (including phenoxy) is 1. The highest BCUT2D eigenvalue weighted by molar-refractivity contribution is 5.01. The van der Waals surface area contributed by atoms with E-state index < -0.39 is 0 Å². The zero-order valence-corrected chi connectivity index (χ0v) is 10.1. The third-order valence-electron chi connectivity index (χ3n) is 2.95. The van der Waals surface area contributed by atoms with Crippen molar-refractivity contribution in [2.24, 2.45) is 11.1 Å². The maximum absolute atomic E-state index is 6.06. The topological polar surface area (TPSA) is 74.2 Å². The second-order valence-electron chi connectivity index (χ2n) is 5.40. The fraction of sp³-hybridized carbons (Fsp3) is 0.818. The Balaban J connectivity index is 2.12. The molecule has 0 bridgehead atoms. The van der Waals surface area contributed by atoms with Crippen LogP contribution in [-0.4, -0.2) is 23.4 Å². The Morgan fingerprint density at radius 1 is 1.44 bits per heavy atom. The van der Waals surface area contributed by atoms with E-state index in [0.29, 0.717) is 12.5 Å². The van der Waals surface area contributed by atoms with E-state index in [0.717, 1.165) is 18.9 Å². The van der Waals surface area contributed by atoms with Crippen LogP contribution >= 0.6 is 0 Å². The summed E-state index contributed by atoms with van der Waals surface area (Å²) in [4.78, 5) is 4.38. The van der Waals surface area contributed by atoms with Crippen LogP contribution in [0.5, 0.6) is 0 Å². The van der Waals surface area contributed by atoms with Crippen LogP contribution in [0.25, 0.3) is 0 Å². The Hall–Kier alpha value is -0.940. The van der Waals surface area contributed by atoms with E-state index in [2.05, 4.69) is 30.9 Å². The van der Waals surface area contributed by atoms with Crippen LogP contribution in [0.3, 0.4) is 0 Å². The first-order chi connectivity index (χ1) is 7.48. The molecule has 5 nitrogen and oxygen atoms in total. The lowest BCUT2D eigenvalue weighted by Crippen LogP contribution is -2.26. The summed E-state index contributed by atoms with van der Waals surface area (Å²) >= 11 is 0. The van der Waals surface area contributed by atoms with Gasteiger partial charge in [0.1, 0.15) is 0 Å². The van der Waals surface area contributed by atoms with Gasteiger partial charge in [-0.05, 0) is 11.8 Å². The van der Waals surface area contributed by atoms with E-state index in [9.17, 15) is 0 Å². The summed E-state index contributed by atoms with van der Waals surface area (Å²) in [7, 11) is 0. The molecule has 90 valence electrons. The van der Waals surface area contributed by atoms with Gasteiger partial charge < -0.3 is 15.0 Å². The Kier molecular flexibility index (Phi) is 2.99. The zero-order valence-electron chi connectivity index (χ0n) is 10.1. The summed E-state index contributed by atoms with van der Waals surface area (Å²) in [6, 6.07) is -0.226. The Morgan fingerprint density at radius 3 is 2.75 bits per heavy atom. The predicted octanol–water partition coefficient (Wildman–Crippen LogP) is 1.62. The van der Waals surface area contributed by atoms with Gasteiger partial charge >= 0.3 is 0 Å². The first-order valence-electron chi connectivity index (χ1n) is 5.65. The second-order valence-corrected chi connectivity index (χ2v) is 5.40. The number of hydrogen-bond donors (Lipinski definition) is 1. The minimum absolute atomic E-state index is 0.0734. The van der Waals surface area contributed by atoms with Gasteiger partial charge in [-0.15, -0.1) is 0 Å². The smallest absolute Gasteiger partial charge is 0.244 e. The SMILES string of the molecule is CC(C)(C)[C@H](N)c1nc(C2CCOC2)no1. The van der Waals surface area contributed by atoms with Gasteiger partial charge in [0.25, 0.3) is 0 Å². The Bertz CT molecular complexity index is 350. The number of hydrogen-bond acceptors (Lipinski definition) is 5. The van der Waals surface area contributed by atoms with Crippen LogP contribution in [0.2, 0.25) is 0 Å². The summed E-state index contributed by atoms with van der Waals surface area (Å²) in [6.45, 7) is 7.63. The highest BCUT2D eigenvalue weighted by Gasteiger charge is 2.30. The van der Waals surface area contributed by atoms with Gasteiger partial charge in [0, 0.05) is 12.5 Å². The maximum Gasteiger partial charge on any atom is 0.244 e. The van der Waals surface area contributed by atoms with Gasteiger partial charge in [0.2, 0.25) is 5.89 Å². The van der Waals surface area contributed by atoms with Crippen LogP contribution in [0.15, 0.2) is 4.52 Å². The van der Waals surface area contributed by atoms with Crippen LogP contribution in [-0.2, 0) is 4.74 Å². The second kappa shape index (κ2) is 4.14. The predicted molar refractivity (Wildman–Crippen MR) is 58.9 cm³/mol. The highest BCUT2D eigenvalue weighted by Crippen LogP contribution is 2.30. The fourth-order valence-electron chi connectivity index (χ4n) is 1.65. The standard InChI is InChI=1S/C11H19N3O2/c1-11(2,3)8(12)10-13-9(14-16-10)7-4-5-15-6-7/h7-8H,4-6,12H2,1-3H3/t7?,8-/m1/s1. The summed E-state index contributed by atoms with van der Waals surface area (Å²) in [5.74, 6) is 1.52. The normalized spacial score (nSPS) is 23.6. The molecule has 0 radical (unpaired) electrons. The molecule has 0 amide bonds. The molecule has 1 fully saturated rings. The molecule has 1 unspecified atom stereocenters. The van der Waals surface area contributed by atoms with Crippen molar-refractivity contribution in [2.75, 3.05) is 13.2 Å². The lowest BCUT2D eigenvalue weighted by molar-refractivity contribution is 0.192. The lowest BCUT2D eigenvalue weighted by Gasteiger charge is -2.23. The van der Waals surface area contributed by atoms with E-state index in [1.54, 1.807) is 0 Å². The minimum Gasteiger partial charge on any atom is -0.381 e. The molecule has 0 aromatic carbocycles. The number of aromatic nitrogens is 2. The van der Waals surface area contributed by atoms with E-state index in [1.165, 1.54) is 0 Å². The molecule has 2 heterocycles. The van der Waals surface area contributed by atoms with Crippen molar-refractivity contribution in [3.8, 4) is 0 Å². The Morgan fingerprint density at radius 2 is 2.19 bits per heavy atom. The monoisotopic (exact) mass is 225 g/mol. The van der Waals surface area contributed by atoms with Crippen molar-refractivity contribution in [2.45, 2.75) is 39.2 Å². The van der Waals surface area contributed by atoms with Crippen molar-refractivity contribution >= 4 is 0 Å². The van der Waals surface area contributed by atoms with Crippen LogP contribution in [0, 0.1) is 5.41 Å². The van der Waals surface area contributed by atoms with Crippen LogP contribution in [0.1, 0.15) is 50.9 Å². The molecular weight excluding hydrogens is 206 g/mol. The van der Waals surface area contributed by atoms with E-state index >= 15 is 0 Å². The first kappa shape index (κ1) is 11.5. The first-order valence-corrected chi connectivity index (χ1v) is 5.65. The van der Waals surface area contributed by atoms with E-state index in [4.69, 9.17) is 15.0 Å². The van der Waals surface area contributed by atoms with Gasteiger partial charge in [-0.1, -0.05) is 25.9 Å². The molecule has 1 aromatic rings. The summed E-state index contributed by atoms with van der Waals surface area (Å²) in [5.41, 5.74) is 5.98. The molecule has 2 rings (SSSR count). The molecule has 2 N–H and O–H groups in total.